The molecule has 0 unspecified atom stereocenters. The van der Waals surface area contributed by atoms with Crippen LogP contribution >= 0.6 is 0 Å². The molecule has 0 aliphatic rings. The SMILES string of the molecule is CCN(CC(C)(C)O)C(=O)c1cncc(C=CC(=O)O)c1. The van der Waals surface area contributed by atoms with Gasteiger partial charge >= 0.3 is 5.97 Å². The van der Waals surface area contributed by atoms with Crippen LogP contribution in [0.25, 0.3) is 6.08 Å². The standard InChI is InChI=1S/C15H20N2O4/c1-4-17(10-15(2,3)21)14(20)12-7-11(8-16-9-12)5-6-13(18)19/h5-9,21H,4,10H2,1-3H3,(H,18,19). The Morgan fingerprint density at radius 2 is 2.05 bits per heavy atom. The summed E-state index contributed by atoms with van der Waals surface area (Å²) in [6, 6.07) is 1.57. The number of carboxylic acid groups (broad SMARTS) is 1. The van der Waals surface area contributed by atoms with E-state index in [1.54, 1.807) is 19.9 Å². The van der Waals surface area contributed by atoms with Gasteiger partial charge in [0.25, 0.3) is 5.91 Å². The third kappa shape index (κ3) is 5.74. The Morgan fingerprint density at radius 3 is 2.57 bits per heavy atom. The minimum absolute atomic E-state index is 0.206. The topological polar surface area (TPSA) is 90.7 Å². The zero-order valence-corrected chi connectivity index (χ0v) is 12.4. The first-order valence-electron chi connectivity index (χ1n) is 6.60. The highest BCUT2D eigenvalue weighted by Crippen LogP contribution is 2.11. The molecule has 0 saturated heterocycles. The molecule has 1 aromatic heterocycles. The van der Waals surface area contributed by atoms with E-state index in [1.165, 1.54) is 23.4 Å². The number of pyridine rings is 1. The van der Waals surface area contributed by atoms with Crippen molar-refractivity contribution in [3.8, 4) is 0 Å². The van der Waals surface area contributed by atoms with Crippen LogP contribution < -0.4 is 0 Å². The van der Waals surface area contributed by atoms with Gasteiger partial charge in [-0.3, -0.25) is 9.78 Å². The number of aliphatic carboxylic acids is 1. The average molecular weight is 292 g/mol. The predicted octanol–water partition coefficient (Wildman–Crippen LogP) is 1.41. The van der Waals surface area contributed by atoms with E-state index in [1.807, 2.05) is 6.92 Å². The molecule has 0 saturated carbocycles. The molecule has 1 amide bonds. The highest BCUT2D eigenvalue weighted by atomic mass is 16.4. The number of amides is 1. The van der Waals surface area contributed by atoms with Crippen LogP contribution in [0.1, 0.15) is 36.7 Å². The number of aromatic nitrogens is 1. The van der Waals surface area contributed by atoms with Crippen molar-refractivity contribution in [1.82, 2.24) is 9.88 Å². The van der Waals surface area contributed by atoms with Gasteiger partial charge in [0.2, 0.25) is 0 Å². The number of nitrogens with zero attached hydrogens (tertiary/aromatic N) is 2. The quantitative estimate of drug-likeness (QED) is 0.774. The Kier molecular flexibility index (Phi) is 5.60. The zero-order valence-electron chi connectivity index (χ0n) is 12.4. The largest absolute Gasteiger partial charge is 0.478 e. The molecule has 6 heteroatoms. The fourth-order valence-electron chi connectivity index (χ4n) is 1.81. The molecule has 0 aliphatic carbocycles. The molecule has 0 aromatic carbocycles. The molecule has 1 aromatic rings. The van der Waals surface area contributed by atoms with Gasteiger partial charge in [0.1, 0.15) is 0 Å². The molecule has 21 heavy (non-hydrogen) atoms. The second-order valence-electron chi connectivity index (χ2n) is 5.31. The smallest absolute Gasteiger partial charge is 0.328 e. The molecule has 0 aliphatic heterocycles. The lowest BCUT2D eigenvalue weighted by molar-refractivity contribution is -0.131. The van der Waals surface area contributed by atoms with Gasteiger partial charge in [0.05, 0.1) is 11.2 Å². The lowest BCUT2D eigenvalue weighted by Gasteiger charge is -2.28. The fourth-order valence-corrected chi connectivity index (χ4v) is 1.81. The number of rotatable bonds is 6. The maximum atomic E-state index is 12.4. The molecule has 0 bridgehead atoms. The molecule has 1 rings (SSSR count). The first-order valence-corrected chi connectivity index (χ1v) is 6.60. The number of hydrogen-bond donors (Lipinski definition) is 2. The lowest BCUT2D eigenvalue weighted by atomic mass is 10.1. The summed E-state index contributed by atoms with van der Waals surface area (Å²) >= 11 is 0. The van der Waals surface area contributed by atoms with Crippen LogP contribution in [0.15, 0.2) is 24.5 Å². The maximum Gasteiger partial charge on any atom is 0.328 e. The van der Waals surface area contributed by atoms with Crippen molar-refractivity contribution < 1.29 is 19.8 Å². The predicted molar refractivity (Wildman–Crippen MR) is 78.8 cm³/mol. The Morgan fingerprint density at radius 1 is 1.38 bits per heavy atom. The van der Waals surface area contributed by atoms with Crippen molar-refractivity contribution in [2.45, 2.75) is 26.4 Å². The summed E-state index contributed by atoms with van der Waals surface area (Å²) in [5.74, 6) is -1.32. The Labute approximate surface area is 123 Å². The van der Waals surface area contributed by atoms with Gasteiger partial charge in [-0.1, -0.05) is 0 Å². The first-order chi connectivity index (χ1) is 9.73. The van der Waals surface area contributed by atoms with E-state index < -0.39 is 11.6 Å². The molecule has 114 valence electrons. The maximum absolute atomic E-state index is 12.4. The van der Waals surface area contributed by atoms with Crippen LogP contribution in [0.4, 0.5) is 0 Å². The summed E-state index contributed by atoms with van der Waals surface area (Å²) < 4.78 is 0. The van der Waals surface area contributed by atoms with E-state index in [4.69, 9.17) is 5.11 Å². The van der Waals surface area contributed by atoms with Crippen molar-refractivity contribution in [3.63, 3.8) is 0 Å². The summed E-state index contributed by atoms with van der Waals surface area (Å²) in [6.45, 7) is 5.75. The summed E-state index contributed by atoms with van der Waals surface area (Å²) in [5, 5.41) is 18.4. The molecule has 6 nitrogen and oxygen atoms in total. The van der Waals surface area contributed by atoms with Gasteiger partial charge in [0.15, 0.2) is 0 Å². The van der Waals surface area contributed by atoms with Gasteiger partial charge in [0, 0.05) is 31.6 Å². The van der Waals surface area contributed by atoms with E-state index in [-0.39, 0.29) is 12.5 Å². The molecule has 2 N–H and O–H groups in total. The zero-order chi connectivity index (χ0) is 16.0. The highest BCUT2D eigenvalue weighted by Gasteiger charge is 2.22. The summed E-state index contributed by atoms with van der Waals surface area (Å²) in [4.78, 5) is 28.3. The number of carbonyl (C=O) groups excluding carboxylic acids is 1. The number of aliphatic hydroxyl groups is 1. The molecule has 0 atom stereocenters. The molecule has 1 heterocycles. The van der Waals surface area contributed by atoms with E-state index in [2.05, 4.69) is 4.98 Å². The molecular formula is C15H20N2O4. The molecular weight excluding hydrogens is 272 g/mol. The Balaban J connectivity index is 2.96. The van der Waals surface area contributed by atoms with Crippen LogP contribution in [0, 0.1) is 0 Å². The second kappa shape index (κ2) is 6.99. The summed E-state index contributed by atoms with van der Waals surface area (Å²) in [7, 11) is 0. The van der Waals surface area contributed by atoms with Crippen molar-refractivity contribution in [2.24, 2.45) is 0 Å². The van der Waals surface area contributed by atoms with Crippen LogP contribution in [0.3, 0.4) is 0 Å². The third-order valence-electron chi connectivity index (χ3n) is 2.67. The van der Waals surface area contributed by atoms with Crippen LogP contribution in [0.5, 0.6) is 0 Å². The van der Waals surface area contributed by atoms with E-state index in [9.17, 15) is 14.7 Å². The minimum atomic E-state index is -1.07. The Bertz CT molecular complexity index is 547. The normalized spacial score (nSPS) is 11.6. The van der Waals surface area contributed by atoms with E-state index in [0.717, 1.165) is 6.08 Å². The van der Waals surface area contributed by atoms with Crippen molar-refractivity contribution in [2.75, 3.05) is 13.1 Å². The lowest BCUT2D eigenvalue weighted by Crippen LogP contribution is -2.42. The van der Waals surface area contributed by atoms with Gasteiger partial charge in [-0.25, -0.2) is 4.79 Å². The molecule has 0 spiro atoms. The minimum Gasteiger partial charge on any atom is -0.478 e. The fraction of sp³-hybridized carbons (Fsp3) is 0.400. The monoisotopic (exact) mass is 292 g/mol. The van der Waals surface area contributed by atoms with Gasteiger partial charge in [-0.05, 0) is 38.5 Å². The summed E-state index contributed by atoms with van der Waals surface area (Å²) in [6.07, 6.45) is 5.26. The van der Waals surface area contributed by atoms with Gasteiger partial charge in [-0.15, -0.1) is 0 Å². The van der Waals surface area contributed by atoms with Crippen molar-refractivity contribution in [3.05, 3.63) is 35.7 Å². The molecule has 0 radical (unpaired) electrons. The molecule has 0 fully saturated rings. The van der Waals surface area contributed by atoms with Gasteiger partial charge < -0.3 is 15.1 Å². The number of carboxylic acids is 1. The van der Waals surface area contributed by atoms with Gasteiger partial charge in [-0.2, -0.15) is 0 Å². The van der Waals surface area contributed by atoms with Crippen LogP contribution in [-0.4, -0.2) is 50.7 Å². The number of hydrogen-bond acceptors (Lipinski definition) is 4. The summed E-state index contributed by atoms with van der Waals surface area (Å²) in [5.41, 5.74) is -0.101. The number of carbonyl (C=O) groups is 2. The third-order valence-corrected chi connectivity index (χ3v) is 2.67. The van der Waals surface area contributed by atoms with E-state index in [0.29, 0.717) is 17.7 Å². The van der Waals surface area contributed by atoms with Crippen molar-refractivity contribution >= 4 is 18.0 Å². The van der Waals surface area contributed by atoms with E-state index >= 15 is 0 Å². The Hall–Kier alpha value is -2.21. The average Bonchev–Trinajstić information content (AvgIpc) is 2.41. The van der Waals surface area contributed by atoms with Crippen LogP contribution in [-0.2, 0) is 4.79 Å². The second-order valence-corrected chi connectivity index (χ2v) is 5.31. The van der Waals surface area contributed by atoms with Crippen LogP contribution in [0.2, 0.25) is 0 Å². The first kappa shape index (κ1) is 16.8. The number of likely N-dealkylation sites (N-methyl/N-ethyl adjacent to an activating group) is 1. The highest BCUT2D eigenvalue weighted by molar-refractivity contribution is 5.94. The van der Waals surface area contributed by atoms with Crippen molar-refractivity contribution in [1.29, 1.82) is 0 Å².